The zero-order valence-electron chi connectivity index (χ0n) is 14.3. The molecule has 0 amide bonds. The highest BCUT2D eigenvalue weighted by Crippen LogP contribution is 2.27. The maximum Gasteiger partial charge on any atom is 0.323 e. The molecule has 3 atom stereocenters. The Labute approximate surface area is 130 Å². The van der Waals surface area contributed by atoms with Gasteiger partial charge in [-0.1, -0.05) is 33.6 Å². The van der Waals surface area contributed by atoms with Crippen LogP contribution in [0.1, 0.15) is 65.7 Å². The fourth-order valence-electron chi connectivity index (χ4n) is 3.68. The monoisotopic (exact) mass is 298 g/mol. The van der Waals surface area contributed by atoms with Crippen molar-refractivity contribution in [2.75, 3.05) is 20.1 Å². The van der Waals surface area contributed by atoms with Gasteiger partial charge in [-0.05, 0) is 58.2 Å². The Balaban J connectivity index is 2.44. The fourth-order valence-corrected chi connectivity index (χ4v) is 3.68. The molecule has 0 aliphatic heterocycles. The molecule has 1 saturated carbocycles. The molecule has 0 aromatic carbocycles. The average Bonchev–Trinajstić information content (AvgIpc) is 2.45. The summed E-state index contributed by atoms with van der Waals surface area (Å²) in [5.41, 5.74) is -0.741. The van der Waals surface area contributed by atoms with Crippen molar-refractivity contribution in [3.05, 3.63) is 0 Å². The number of carboxylic acids is 1. The maximum atomic E-state index is 11.6. The molecular weight excluding hydrogens is 264 g/mol. The van der Waals surface area contributed by atoms with Crippen LogP contribution in [-0.4, -0.2) is 47.7 Å². The van der Waals surface area contributed by atoms with Crippen molar-refractivity contribution in [1.82, 2.24) is 10.2 Å². The molecule has 4 nitrogen and oxygen atoms in total. The van der Waals surface area contributed by atoms with Crippen LogP contribution in [0.15, 0.2) is 0 Å². The Morgan fingerprint density at radius 2 is 2.10 bits per heavy atom. The van der Waals surface area contributed by atoms with Gasteiger partial charge in [-0.15, -0.1) is 0 Å². The molecule has 0 aromatic heterocycles. The van der Waals surface area contributed by atoms with Crippen molar-refractivity contribution in [3.8, 4) is 0 Å². The lowest BCUT2D eigenvalue weighted by atomic mass is 9.86. The number of likely N-dealkylation sites (N-methyl/N-ethyl adjacent to an activating group) is 1. The first-order valence-corrected chi connectivity index (χ1v) is 8.63. The molecule has 1 aliphatic carbocycles. The van der Waals surface area contributed by atoms with Crippen molar-refractivity contribution >= 4 is 5.97 Å². The predicted molar refractivity (Wildman–Crippen MR) is 87.6 cm³/mol. The van der Waals surface area contributed by atoms with Crippen LogP contribution in [0.4, 0.5) is 0 Å². The molecule has 0 radical (unpaired) electrons. The Kier molecular flexibility index (Phi) is 7.67. The first kappa shape index (κ1) is 18.4. The van der Waals surface area contributed by atoms with E-state index in [2.05, 4.69) is 24.2 Å². The van der Waals surface area contributed by atoms with E-state index in [1.807, 2.05) is 13.8 Å². The number of carboxylic acid groups (broad SMARTS) is 1. The minimum absolute atomic E-state index is 0.639. The quantitative estimate of drug-likeness (QED) is 0.687. The van der Waals surface area contributed by atoms with Crippen molar-refractivity contribution in [2.24, 2.45) is 5.92 Å². The molecule has 0 saturated heterocycles. The Hall–Kier alpha value is -0.610. The van der Waals surface area contributed by atoms with E-state index in [1.54, 1.807) is 0 Å². The van der Waals surface area contributed by atoms with Gasteiger partial charge in [0.15, 0.2) is 0 Å². The summed E-state index contributed by atoms with van der Waals surface area (Å²) < 4.78 is 0. The van der Waals surface area contributed by atoms with Gasteiger partial charge in [-0.2, -0.15) is 0 Å². The lowest BCUT2D eigenvalue weighted by Crippen LogP contribution is -2.52. The normalized spacial score (nSPS) is 25.8. The first-order valence-electron chi connectivity index (χ1n) is 8.63. The summed E-state index contributed by atoms with van der Waals surface area (Å²) in [7, 11) is 2.20. The smallest absolute Gasteiger partial charge is 0.323 e. The van der Waals surface area contributed by atoms with Gasteiger partial charge in [-0.3, -0.25) is 4.79 Å². The van der Waals surface area contributed by atoms with Crippen LogP contribution in [-0.2, 0) is 4.79 Å². The van der Waals surface area contributed by atoms with Crippen molar-refractivity contribution in [2.45, 2.75) is 77.3 Å². The largest absolute Gasteiger partial charge is 0.480 e. The SMILES string of the molecule is CCNC(CC)(CCCN(C)C1CCCC(C)C1)C(=O)O. The van der Waals surface area contributed by atoms with E-state index in [1.165, 1.54) is 25.7 Å². The zero-order chi connectivity index (χ0) is 15.9. The van der Waals surface area contributed by atoms with Crippen LogP contribution in [0.25, 0.3) is 0 Å². The number of aliphatic carboxylic acids is 1. The van der Waals surface area contributed by atoms with Crippen molar-refractivity contribution in [1.29, 1.82) is 0 Å². The number of hydrogen-bond donors (Lipinski definition) is 2. The molecule has 2 N–H and O–H groups in total. The summed E-state index contributed by atoms with van der Waals surface area (Å²) in [5, 5.41) is 12.7. The number of rotatable bonds is 9. The van der Waals surface area contributed by atoms with E-state index in [9.17, 15) is 9.90 Å². The lowest BCUT2D eigenvalue weighted by Gasteiger charge is -2.35. The Morgan fingerprint density at radius 1 is 1.38 bits per heavy atom. The van der Waals surface area contributed by atoms with E-state index < -0.39 is 11.5 Å². The van der Waals surface area contributed by atoms with Crippen molar-refractivity contribution < 1.29 is 9.90 Å². The van der Waals surface area contributed by atoms with Crippen LogP contribution < -0.4 is 5.32 Å². The summed E-state index contributed by atoms with van der Waals surface area (Å²) in [6.07, 6.45) is 7.58. The van der Waals surface area contributed by atoms with Gasteiger partial charge in [-0.25, -0.2) is 0 Å². The number of carbonyl (C=O) groups is 1. The maximum absolute atomic E-state index is 11.6. The van der Waals surface area contributed by atoms with E-state index in [0.29, 0.717) is 25.4 Å². The molecule has 1 aliphatic rings. The summed E-state index contributed by atoms with van der Waals surface area (Å²) in [4.78, 5) is 14.0. The molecule has 0 bridgehead atoms. The molecule has 1 fully saturated rings. The molecule has 3 unspecified atom stereocenters. The zero-order valence-corrected chi connectivity index (χ0v) is 14.3. The van der Waals surface area contributed by atoms with Gasteiger partial charge in [0, 0.05) is 6.04 Å². The molecule has 124 valence electrons. The van der Waals surface area contributed by atoms with E-state index >= 15 is 0 Å². The van der Waals surface area contributed by atoms with Crippen LogP contribution in [0.2, 0.25) is 0 Å². The van der Waals surface area contributed by atoms with E-state index in [4.69, 9.17) is 0 Å². The topological polar surface area (TPSA) is 52.6 Å². The summed E-state index contributed by atoms with van der Waals surface area (Å²) in [6, 6.07) is 0.689. The summed E-state index contributed by atoms with van der Waals surface area (Å²) in [5.74, 6) is 0.127. The fraction of sp³-hybridized carbons (Fsp3) is 0.941. The molecule has 0 spiro atoms. The predicted octanol–water partition coefficient (Wildman–Crippen LogP) is 3.12. The third-order valence-corrected chi connectivity index (χ3v) is 5.17. The van der Waals surface area contributed by atoms with Crippen LogP contribution in [0.5, 0.6) is 0 Å². The molecule has 0 aromatic rings. The van der Waals surface area contributed by atoms with Gasteiger partial charge >= 0.3 is 5.97 Å². The number of nitrogens with zero attached hydrogens (tertiary/aromatic N) is 1. The number of hydrogen-bond acceptors (Lipinski definition) is 3. The molecule has 4 heteroatoms. The third kappa shape index (κ3) is 5.26. The highest BCUT2D eigenvalue weighted by atomic mass is 16.4. The van der Waals surface area contributed by atoms with E-state index in [-0.39, 0.29) is 0 Å². The molecule has 21 heavy (non-hydrogen) atoms. The first-order chi connectivity index (χ1) is 9.95. The minimum atomic E-state index is -0.741. The van der Waals surface area contributed by atoms with Crippen LogP contribution >= 0.6 is 0 Å². The van der Waals surface area contributed by atoms with Gasteiger partial charge < -0.3 is 15.3 Å². The second-order valence-corrected chi connectivity index (χ2v) is 6.78. The summed E-state index contributed by atoms with van der Waals surface area (Å²) >= 11 is 0. The second kappa shape index (κ2) is 8.74. The molecular formula is C17H34N2O2. The standard InChI is InChI=1S/C17H34N2O2/c1-5-17(16(20)21,18-6-2)11-8-12-19(4)15-10-7-9-14(3)13-15/h14-15,18H,5-13H2,1-4H3,(H,20,21). The number of nitrogens with one attached hydrogen (secondary N) is 1. The second-order valence-electron chi connectivity index (χ2n) is 6.78. The summed E-state index contributed by atoms with van der Waals surface area (Å²) in [6.45, 7) is 7.98. The van der Waals surface area contributed by atoms with Crippen LogP contribution in [0.3, 0.4) is 0 Å². The lowest BCUT2D eigenvalue weighted by molar-refractivity contribution is -0.145. The molecule has 0 heterocycles. The van der Waals surface area contributed by atoms with Gasteiger partial charge in [0.1, 0.15) is 5.54 Å². The highest BCUT2D eigenvalue weighted by Gasteiger charge is 2.35. The third-order valence-electron chi connectivity index (χ3n) is 5.17. The highest BCUT2D eigenvalue weighted by molar-refractivity contribution is 5.78. The Morgan fingerprint density at radius 3 is 2.62 bits per heavy atom. The average molecular weight is 298 g/mol. The van der Waals surface area contributed by atoms with Crippen molar-refractivity contribution in [3.63, 3.8) is 0 Å². The van der Waals surface area contributed by atoms with Gasteiger partial charge in [0.05, 0.1) is 0 Å². The van der Waals surface area contributed by atoms with E-state index in [0.717, 1.165) is 18.9 Å². The van der Waals surface area contributed by atoms with Crippen LogP contribution in [0, 0.1) is 5.92 Å². The molecule has 1 rings (SSSR count). The minimum Gasteiger partial charge on any atom is -0.480 e. The van der Waals surface area contributed by atoms with Gasteiger partial charge in [0.2, 0.25) is 0 Å². The Bertz CT molecular complexity index is 322. The van der Waals surface area contributed by atoms with Gasteiger partial charge in [0.25, 0.3) is 0 Å².